The quantitative estimate of drug-likeness (QED) is 0.777. The lowest BCUT2D eigenvalue weighted by Gasteiger charge is -2.39. The topological polar surface area (TPSA) is 32.3 Å². The van der Waals surface area contributed by atoms with Crippen molar-refractivity contribution in [1.82, 2.24) is 10.2 Å². The third kappa shape index (κ3) is 2.34. The van der Waals surface area contributed by atoms with E-state index in [9.17, 15) is 13.6 Å². The first-order valence-electron chi connectivity index (χ1n) is 5.85. The molecule has 5 heteroatoms. The number of nitrogens with one attached hydrogen (secondary N) is 1. The Balaban J connectivity index is 1.85. The van der Waals surface area contributed by atoms with E-state index in [0.29, 0.717) is 0 Å². The second kappa shape index (κ2) is 4.28. The maximum Gasteiger partial charge on any atom is 0.249 e. The van der Waals surface area contributed by atoms with Crippen molar-refractivity contribution in [3.63, 3.8) is 0 Å². The Morgan fingerprint density at radius 1 is 1.31 bits per heavy atom. The number of hydrogen-bond acceptors (Lipinski definition) is 2. The number of hydrogen-bond donors (Lipinski definition) is 1. The molecule has 92 valence electrons. The number of amides is 1. The van der Waals surface area contributed by atoms with Crippen molar-refractivity contribution in [3.8, 4) is 0 Å². The summed E-state index contributed by atoms with van der Waals surface area (Å²) in [4.78, 5) is 13.6. The number of piperidine rings is 1. The first-order chi connectivity index (χ1) is 7.49. The zero-order valence-corrected chi connectivity index (χ0v) is 9.51. The van der Waals surface area contributed by atoms with Crippen LogP contribution in [0, 0.1) is 5.92 Å². The number of nitrogens with zero attached hydrogens (tertiary/aromatic N) is 1. The molecule has 2 aliphatic rings. The van der Waals surface area contributed by atoms with E-state index in [1.807, 2.05) is 0 Å². The molecule has 0 aromatic heterocycles. The highest BCUT2D eigenvalue weighted by Crippen LogP contribution is 2.43. The molecule has 3 nitrogen and oxygen atoms in total. The average molecular weight is 232 g/mol. The van der Waals surface area contributed by atoms with Gasteiger partial charge in [-0.3, -0.25) is 4.79 Å². The van der Waals surface area contributed by atoms with Crippen LogP contribution in [0.3, 0.4) is 0 Å². The molecule has 1 aliphatic heterocycles. The van der Waals surface area contributed by atoms with Gasteiger partial charge in [0.2, 0.25) is 11.8 Å². The van der Waals surface area contributed by atoms with E-state index < -0.39 is 11.8 Å². The Morgan fingerprint density at radius 3 is 2.38 bits per heavy atom. The lowest BCUT2D eigenvalue weighted by Crippen LogP contribution is -2.50. The van der Waals surface area contributed by atoms with Crippen LogP contribution in [-0.4, -0.2) is 42.9 Å². The summed E-state index contributed by atoms with van der Waals surface area (Å²) in [6, 6.07) is 0.225. The Labute approximate surface area is 94.2 Å². The number of rotatable bonds is 2. The minimum atomic E-state index is -2.60. The molecule has 1 heterocycles. The average Bonchev–Trinajstić information content (AvgIpc) is 2.25. The molecule has 0 atom stereocenters. The fourth-order valence-corrected chi connectivity index (χ4v) is 2.50. The number of carbonyl (C=O) groups is 1. The monoisotopic (exact) mass is 232 g/mol. The van der Waals surface area contributed by atoms with Crippen LogP contribution >= 0.6 is 0 Å². The van der Waals surface area contributed by atoms with Gasteiger partial charge in [-0.05, 0) is 25.9 Å². The lowest BCUT2D eigenvalue weighted by molar-refractivity contribution is -0.160. The summed E-state index contributed by atoms with van der Waals surface area (Å²) in [7, 11) is 1.74. The molecular weight excluding hydrogens is 214 g/mol. The van der Waals surface area contributed by atoms with Gasteiger partial charge in [0.15, 0.2) is 0 Å². The second-order valence-electron chi connectivity index (χ2n) is 4.89. The highest BCUT2D eigenvalue weighted by atomic mass is 19.3. The van der Waals surface area contributed by atoms with Gasteiger partial charge in [0.25, 0.3) is 0 Å². The molecule has 0 unspecified atom stereocenters. The molecule has 2 rings (SSSR count). The van der Waals surface area contributed by atoms with Crippen molar-refractivity contribution in [2.24, 2.45) is 5.92 Å². The molecule has 2 fully saturated rings. The van der Waals surface area contributed by atoms with Crippen LogP contribution in [0.4, 0.5) is 8.78 Å². The number of halogens is 2. The van der Waals surface area contributed by atoms with Crippen molar-refractivity contribution < 1.29 is 13.6 Å². The predicted molar refractivity (Wildman–Crippen MR) is 56.3 cm³/mol. The van der Waals surface area contributed by atoms with E-state index in [4.69, 9.17) is 0 Å². The van der Waals surface area contributed by atoms with Gasteiger partial charge in [-0.25, -0.2) is 8.78 Å². The Hall–Kier alpha value is -0.710. The molecule has 0 radical (unpaired) electrons. The van der Waals surface area contributed by atoms with Crippen LogP contribution in [0.2, 0.25) is 0 Å². The van der Waals surface area contributed by atoms with Gasteiger partial charge in [0.05, 0.1) is 0 Å². The van der Waals surface area contributed by atoms with E-state index in [1.165, 1.54) is 0 Å². The largest absolute Gasteiger partial charge is 0.342 e. The third-order valence-electron chi connectivity index (χ3n) is 3.64. The first-order valence-corrected chi connectivity index (χ1v) is 5.85. The van der Waals surface area contributed by atoms with Gasteiger partial charge in [0.1, 0.15) is 0 Å². The maximum atomic E-state index is 12.7. The van der Waals surface area contributed by atoms with Crippen LogP contribution in [0.15, 0.2) is 0 Å². The van der Waals surface area contributed by atoms with E-state index in [1.54, 1.807) is 11.9 Å². The molecule has 1 N–H and O–H groups in total. The van der Waals surface area contributed by atoms with Crippen LogP contribution in [0.1, 0.15) is 25.7 Å². The Morgan fingerprint density at radius 2 is 1.88 bits per heavy atom. The minimum absolute atomic E-state index is 0.0992. The fraction of sp³-hybridized carbons (Fsp3) is 0.909. The molecule has 0 bridgehead atoms. The summed E-state index contributed by atoms with van der Waals surface area (Å²) in [5.41, 5.74) is 0. The van der Waals surface area contributed by atoms with Crippen LogP contribution in [-0.2, 0) is 4.79 Å². The summed E-state index contributed by atoms with van der Waals surface area (Å²) < 4.78 is 25.3. The standard InChI is InChI=1S/C11H18F2N2O/c1-15(9-2-4-14-5-3-9)10(16)8-6-11(12,13)7-8/h8-9,14H,2-7H2,1H3. The SMILES string of the molecule is CN(C(=O)C1CC(F)(F)C1)C1CCNCC1. The molecule has 0 spiro atoms. The summed E-state index contributed by atoms with van der Waals surface area (Å²) >= 11 is 0. The van der Waals surface area contributed by atoms with Gasteiger partial charge in [-0.15, -0.1) is 0 Å². The number of carbonyl (C=O) groups excluding carboxylic acids is 1. The normalized spacial score (nSPS) is 26.2. The van der Waals surface area contributed by atoms with Crippen LogP contribution in [0.25, 0.3) is 0 Å². The van der Waals surface area contributed by atoms with Crippen LogP contribution < -0.4 is 5.32 Å². The van der Waals surface area contributed by atoms with Crippen LogP contribution in [0.5, 0.6) is 0 Å². The third-order valence-corrected chi connectivity index (χ3v) is 3.64. The van der Waals surface area contributed by atoms with Crippen molar-refractivity contribution in [2.45, 2.75) is 37.6 Å². The zero-order chi connectivity index (χ0) is 11.8. The zero-order valence-electron chi connectivity index (χ0n) is 9.51. The number of alkyl halides is 2. The molecule has 16 heavy (non-hydrogen) atoms. The maximum absolute atomic E-state index is 12.7. The van der Waals surface area contributed by atoms with E-state index >= 15 is 0 Å². The van der Waals surface area contributed by atoms with E-state index in [2.05, 4.69) is 5.32 Å². The van der Waals surface area contributed by atoms with Crippen molar-refractivity contribution >= 4 is 5.91 Å². The molecule has 1 amide bonds. The molecule has 0 aromatic carbocycles. The lowest BCUT2D eigenvalue weighted by atomic mass is 9.80. The fourth-order valence-electron chi connectivity index (χ4n) is 2.50. The molecular formula is C11H18F2N2O. The second-order valence-corrected chi connectivity index (χ2v) is 4.89. The van der Waals surface area contributed by atoms with Gasteiger partial charge >= 0.3 is 0 Å². The van der Waals surface area contributed by atoms with Gasteiger partial charge in [-0.1, -0.05) is 0 Å². The highest BCUT2D eigenvalue weighted by Gasteiger charge is 2.49. The Bertz CT molecular complexity index is 269. The molecule has 1 aliphatic carbocycles. The van der Waals surface area contributed by atoms with E-state index in [-0.39, 0.29) is 24.8 Å². The van der Waals surface area contributed by atoms with Crippen molar-refractivity contribution in [3.05, 3.63) is 0 Å². The predicted octanol–water partition coefficient (Wildman–Crippen LogP) is 1.24. The summed E-state index contributed by atoms with van der Waals surface area (Å²) in [5, 5.41) is 3.22. The smallest absolute Gasteiger partial charge is 0.249 e. The van der Waals surface area contributed by atoms with Gasteiger partial charge in [0, 0.05) is 31.8 Å². The van der Waals surface area contributed by atoms with Crippen molar-refractivity contribution in [2.75, 3.05) is 20.1 Å². The summed E-state index contributed by atoms with van der Waals surface area (Å²) in [6.07, 6.45) is 1.32. The summed E-state index contributed by atoms with van der Waals surface area (Å²) in [6.45, 7) is 1.81. The molecule has 0 aromatic rings. The van der Waals surface area contributed by atoms with Gasteiger partial charge in [-0.2, -0.15) is 0 Å². The summed E-state index contributed by atoms with van der Waals surface area (Å²) in [5.74, 6) is -3.15. The molecule has 1 saturated carbocycles. The van der Waals surface area contributed by atoms with Gasteiger partial charge < -0.3 is 10.2 Å². The minimum Gasteiger partial charge on any atom is -0.342 e. The van der Waals surface area contributed by atoms with Crippen molar-refractivity contribution in [1.29, 1.82) is 0 Å². The highest BCUT2D eigenvalue weighted by molar-refractivity contribution is 5.80. The molecule has 1 saturated heterocycles. The first kappa shape index (κ1) is 11.8. The Kier molecular flexibility index (Phi) is 3.15. The van der Waals surface area contributed by atoms with E-state index in [0.717, 1.165) is 25.9 Å².